The SMILES string of the molecule is C[C@@H](Nc1ncnc2c(C(N)=O)cccc12)c1cccc2ccccc12. The molecule has 3 aromatic carbocycles. The lowest BCUT2D eigenvalue weighted by Crippen LogP contribution is -2.13. The number of hydrogen-bond donors (Lipinski definition) is 2. The minimum atomic E-state index is -0.498. The number of rotatable bonds is 4. The van der Waals surface area contributed by atoms with Gasteiger partial charge in [-0.05, 0) is 35.4 Å². The van der Waals surface area contributed by atoms with Crippen molar-refractivity contribution in [3.05, 3.63) is 78.1 Å². The monoisotopic (exact) mass is 342 g/mol. The number of primary amides is 1. The Hall–Kier alpha value is -3.47. The standard InChI is InChI=1S/C21H18N4O/c1-13(15-9-4-7-14-6-2-3-8-16(14)15)25-21-18-11-5-10-17(20(22)26)19(18)23-12-24-21/h2-13H,1H3,(H2,22,26)(H,23,24,25)/t13-/m1/s1. The molecule has 1 aromatic heterocycles. The summed E-state index contributed by atoms with van der Waals surface area (Å²) in [7, 11) is 0. The number of aromatic nitrogens is 2. The maximum atomic E-state index is 11.7. The molecule has 0 saturated heterocycles. The number of nitrogens with one attached hydrogen (secondary N) is 1. The zero-order valence-electron chi connectivity index (χ0n) is 14.3. The van der Waals surface area contributed by atoms with Crippen molar-refractivity contribution >= 4 is 33.4 Å². The third-order valence-electron chi connectivity index (χ3n) is 4.57. The molecule has 0 fully saturated rings. The minimum Gasteiger partial charge on any atom is -0.366 e. The predicted octanol–water partition coefficient (Wildman–Crippen LogP) is 4.06. The van der Waals surface area contributed by atoms with E-state index in [1.807, 2.05) is 18.2 Å². The van der Waals surface area contributed by atoms with Crippen molar-refractivity contribution in [2.75, 3.05) is 5.32 Å². The Morgan fingerprint density at radius 1 is 0.962 bits per heavy atom. The second kappa shape index (κ2) is 6.44. The molecule has 5 heteroatoms. The third-order valence-corrected chi connectivity index (χ3v) is 4.57. The molecule has 1 heterocycles. The Bertz CT molecular complexity index is 1120. The van der Waals surface area contributed by atoms with Gasteiger partial charge in [-0.15, -0.1) is 0 Å². The second-order valence-corrected chi connectivity index (χ2v) is 6.22. The summed E-state index contributed by atoms with van der Waals surface area (Å²) in [6, 6.07) is 19.9. The van der Waals surface area contributed by atoms with Gasteiger partial charge >= 0.3 is 0 Å². The first-order valence-electron chi connectivity index (χ1n) is 8.43. The fourth-order valence-corrected chi connectivity index (χ4v) is 3.31. The van der Waals surface area contributed by atoms with Crippen molar-refractivity contribution in [3.8, 4) is 0 Å². The fraction of sp³-hybridized carbons (Fsp3) is 0.0952. The lowest BCUT2D eigenvalue weighted by atomic mass is 9.99. The second-order valence-electron chi connectivity index (χ2n) is 6.22. The highest BCUT2D eigenvalue weighted by Crippen LogP contribution is 2.29. The van der Waals surface area contributed by atoms with Crippen LogP contribution in [0.3, 0.4) is 0 Å². The van der Waals surface area contributed by atoms with E-state index in [9.17, 15) is 4.79 Å². The average Bonchev–Trinajstić information content (AvgIpc) is 2.67. The van der Waals surface area contributed by atoms with Gasteiger partial charge in [0.15, 0.2) is 0 Å². The van der Waals surface area contributed by atoms with Crippen LogP contribution in [0.25, 0.3) is 21.7 Å². The van der Waals surface area contributed by atoms with Crippen molar-refractivity contribution in [2.45, 2.75) is 13.0 Å². The quantitative estimate of drug-likeness (QED) is 0.586. The van der Waals surface area contributed by atoms with Gasteiger partial charge in [0, 0.05) is 5.39 Å². The molecule has 0 saturated carbocycles. The number of carbonyl (C=O) groups excluding carboxylic acids is 1. The van der Waals surface area contributed by atoms with E-state index in [-0.39, 0.29) is 6.04 Å². The Morgan fingerprint density at radius 3 is 2.54 bits per heavy atom. The zero-order chi connectivity index (χ0) is 18.1. The molecule has 5 nitrogen and oxygen atoms in total. The number of para-hydroxylation sites is 1. The third kappa shape index (κ3) is 2.73. The van der Waals surface area contributed by atoms with Crippen LogP contribution in [0.1, 0.15) is 28.9 Å². The maximum absolute atomic E-state index is 11.7. The number of amides is 1. The number of nitrogens with two attached hydrogens (primary N) is 1. The van der Waals surface area contributed by atoms with Gasteiger partial charge in [0.25, 0.3) is 5.91 Å². The number of fused-ring (bicyclic) bond motifs is 2. The molecule has 0 radical (unpaired) electrons. The molecule has 0 aliphatic heterocycles. The molecule has 4 aromatic rings. The van der Waals surface area contributed by atoms with Crippen molar-refractivity contribution < 1.29 is 4.79 Å². The molecule has 0 bridgehead atoms. The molecule has 128 valence electrons. The molecule has 3 N–H and O–H groups in total. The van der Waals surface area contributed by atoms with Crippen molar-refractivity contribution in [3.63, 3.8) is 0 Å². The normalized spacial score (nSPS) is 12.2. The Morgan fingerprint density at radius 2 is 1.69 bits per heavy atom. The van der Waals surface area contributed by atoms with Gasteiger partial charge in [-0.25, -0.2) is 9.97 Å². The molecule has 1 atom stereocenters. The van der Waals surface area contributed by atoms with E-state index in [4.69, 9.17) is 5.73 Å². The van der Waals surface area contributed by atoms with Gasteiger partial charge in [-0.2, -0.15) is 0 Å². The first-order valence-corrected chi connectivity index (χ1v) is 8.43. The topological polar surface area (TPSA) is 80.9 Å². The molecular formula is C21H18N4O. The summed E-state index contributed by atoms with van der Waals surface area (Å²) < 4.78 is 0. The Labute approximate surface area is 150 Å². The van der Waals surface area contributed by atoms with Gasteiger partial charge in [-0.1, -0.05) is 48.5 Å². The van der Waals surface area contributed by atoms with Gasteiger partial charge in [0.2, 0.25) is 0 Å². The summed E-state index contributed by atoms with van der Waals surface area (Å²) in [6.45, 7) is 2.09. The molecule has 26 heavy (non-hydrogen) atoms. The zero-order valence-corrected chi connectivity index (χ0v) is 14.3. The maximum Gasteiger partial charge on any atom is 0.250 e. The fourth-order valence-electron chi connectivity index (χ4n) is 3.31. The Kier molecular flexibility index (Phi) is 3.97. The first kappa shape index (κ1) is 16.0. The molecule has 0 spiro atoms. The van der Waals surface area contributed by atoms with Crippen LogP contribution in [0, 0.1) is 0 Å². The van der Waals surface area contributed by atoms with Crippen LogP contribution in [-0.4, -0.2) is 15.9 Å². The molecular weight excluding hydrogens is 324 g/mol. The molecule has 1 amide bonds. The lowest BCUT2D eigenvalue weighted by Gasteiger charge is -2.18. The largest absolute Gasteiger partial charge is 0.366 e. The minimum absolute atomic E-state index is 0.0245. The average molecular weight is 342 g/mol. The van der Waals surface area contributed by atoms with E-state index in [1.165, 1.54) is 22.7 Å². The molecule has 0 unspecified atom stereocenters. The highest BCUT2D eigenvalue weighted by Gasteiger charge is 2.14. The summed E-state index contributed by atoms with van der Waals surface area (Å²) in [4.78, 5) is 20.3. The van der Waals surface area contributed by atoms with E-state index in [1.54, 1.807) is 12.1 Å². The van der Waals surface area contributed by atoms with Crippen LogP contribution in [0.2, 0.25) is 0 Å². The number of benzene rings is 3. The number of nitrogens with zero attached hydrogens (tertiary/aromatic N) is 2. The highest BCUT2D eigenvalue weighted by atomic mass is 16.1. The molecule has 0 aliphatic rings. The van der Waals surface area contributed by atoms with E-state index in [0.717, 1.165) is 5.39 Å². The summed E-state index contributed by atoms with van der Waals surface area (Å²) >= 11 is 0. The summed E-state index contributed by atoms with van der Waals surface area (Å²) in [6.07, 6.45) is 1.45. The van der Waals surface area contributed by atoms with E-state index in [2.05, 4.69) is 52.5 Å². The summed E-state index contributed by atoms with van der Waals surface area (Å²) in [5, 5.41) is 6.63. The molecule has 4 rings (SSSR count). The lowest BCUT2D eigenvalue weighted by molar-refractivity contribution is 0.100. The summed E-state index contributed by atoms with van der Waals surface area (Å²) in [5.74, 6) is 0.181. The van der Waals surface area contributed by atoms with Crippen molar-refractivity contribution in [1.29, 1.82) is 0 Å². The van der Waals surface area contributed by atoms with Gasteiger partial charge in [0.05, 0.1) is 17.1 Å². The van der Waals surface area contributed by atoms with Crippen LogP contribution in [-0.2, 0) is 0 Å². The van der Waals surface area contributed by atoms with E-state index in [0.29, 0.717) is 16.9 Å². The number of hydrogen-bond acceptors (Lipinski definition) is 4. The van der Waals surface area contributed by atoms with E-state index < -0.39 is 5.91 Å². The van der Waals surface area contributed by atoms with Crippen molar-refractivity contribution in [2.24, 2.45) is 5.73 Å². The summed E-state index contributed by atoms with van der Waals surface area (Å²) in [5.41, 5.74) is 7.60. The van der Waals surface area contributed by atoms with Crippen LogP contribution in [0.4, 0.5) is 5.82 Å². The highest BCUT2D eigenvalue weighted by molar-refractivity contribution is 6.06. The Balaban J connectivity index is 1.77. The number of carbonyl (C=O) groups is 1. The van der Waals surface area contributed by atoms with Crippen LogP contribution in [0.15, 0.2) is 67.0 Å². The predicted molar refractivity (Wildman–Crippen MR) is 104 cm³/mol. The van der Waals surface area contributed by atoms with Gasteiger partial charge in [0.1, 0.15) is 12.1 Å². The smallest absolute Gasteiger partial charge is 0.250 e. The van der Waals surface area contributed by atoms with Crippen LogP contribution in [0.5, 0.6) is 0 Å². The van der Waals surface area contributed by atoms with Crippen molar-refractivity contribution in [1.82, 2.24) is 9.97 Å². The number of anilines is 1. The molecule has 0 aliphatic carbocycles. The van der Waals surface area contributed by atoms with Gasteiger partial charge < -0.3 is 11.1 Å². The van der Waals surface area contributed by atoms with Gasteiger partial charge in [-0.3, -0.25) is 4.79 Å². The first-order chi connectivity index (χ1) is 12.6. The van der Waals surface area contributed by atoms with Crippen LogP contribution < -0.4 is 11.1 Å². The van der Waals surface area contributed by atoms with E-state index >= 15 is 0 Å². The van der Waals surface area contributed by atoms with Crippen LogP contribution >= 0.6 is 0 Å².